The number of phenolic OH excluding ortho intramolecular Hbond substituents is 1. The van der Waals surface area contributed by atoms with E-state index in [9.17, 15) is 9.90 Å². The summed E-state index contributed by atoms with van der Waals surface area (Å²) < 4.78 is 4.82. The number of rotatable bonds is 4. The molecule has 0 aliphatic rings. The summed E-state index contributed by atoms with van der Waals surface area (Å²) in [4.78, 5) is 10.8. The Bertz CT molecular complexity index is 369. The smallest absolute Gasteiger partial charge is 0.330 e. The molecule has 3 nitrogen and oxygen atoms in total. The number of esters is 1. The van der Waals surface area contributed by atoms with Crippen molar-refractivity contribution in [3.05, 3.63) is 42.0 Å². The van der Waals surface area contributed by atoms with E-state index < -0.39 is 5.97 Å². The Morgan fingerprint density at radius 2 is 2.33 bits per heavy atom. The molecule has 1 aromatic carbocycles. The van der Waals surface area contributed by atoms with Gasteiger partial charge < -0.3 is 9.84 Å². The molecule has 0 aliphatic carbocycles. The first-order valence-corrected chi connectivity index (χ1v) is 4.71. The average molecular weight is 206 g/mol. The predicted molar refractivity (Wildman–Crippen MR) is 57.7 cm³/mol. The van der Waals surface area contributed by atoms with E-state index in [0.29, 0.717) is 6.42 Å². The quantitative estimate of drug-likeness (QED) is 0.605. The second-order valence-electron chi connectivity index (χ2n) is 3.25. The van der Waals surface area contributed by atoms with E-state index in [1.165, 1.54) is 0 Å². The van der Waals surface area contributed by atoms with Crippen LogP contribution >= 0.6 is 0 Å². The van der Waals surface area contributed by atoms with Gasteiger partial charge in [0.15, 0.2) is 0 Å². The molecule has 0 saturated carbocycles. The number of benzene rings is 1. The van der Waals surface area contributed by atoms with Gasteiger partial charge in [0.25, 0.3) is 0 Å². The molecular formula is C12H14O3. The highest BCUT2D eigenvalue weighted by Crippen LogP contribution is 2.18. The van der Waals surface area contributed by atoms with Crippen LogP contribution in [0.4, 0.5) is 0 Å². The van der Waals surface area contributed by atoms with Gasteiger partial charge in [-0.15, -0.1) is 0 Å². The van der Waals surface area contributed by atoms with Crippen LogP contribution in [0.1, 0.15) is 11.1 Å². The van der Waals surface area contributed by atoms with Gasteiger partial charge in [-0.2, -0.15) is 0 Å². The highest BCUT2D eigenvalue weighted by molar-refractivity contribution is 5.81. The molecule has 0 amide bonds. The summed E-state index contributed by atoms with van der Waals surface area (Å²) in [6.45, 7) is 5.49. The van der Waals surface area contributed by atoms with Crippen molar-refractivity contribution in [1.29, 1.82) is 0 Å². The van der Waals surface area contributed by atoms with Crippen molar-refractivity contribution in [2.45, 2.75) is 13.3 Å². The molecule has 0 atom stereocenters. The zero-order valence-electron chi connectivity index (χ0n) is 8.69. The third kappa shape index (κ3) is 3.46. The number of phenols is 1. The Morgan fingerprint density at radius 1 is 1.60 bits per heavy atom. The van der Waals surface area contributed by atoms with E-state index in [4.69, 9.17) is 4.74 Å². The molecule has 1 N–H and O–H groups in total. The summed E-state index contributed by atoms with van der Waals surface area (Å²) in [5.74, 6) is -0.211. The summed E-state index contributed by atoms with van der Waals surface area (Å²) in [6, 6.07) is 5.34. The van der Waals surface area contributed by atoms with Crippen molar-refractivity contribution >= 4 is 5.97 Å². The van der Waals surface area contributed by atoms with Gasteiger partial charge in [-0.05, 0) is 18.6 Å². The largest absolute Gasteiger partial charge is 0.508 e. The Kier molecular flexibility index (Phi) is 3.92. The molecular weight excluding hydrogens is 192 g/mol. The van der Waals surface area contributed by atoms with Gasteiger partial charge in [-0.25, -0.2) is 4.79 Å². The van der Waals surface area contributed by atoms with Crippen LogP contribution in [0.15, 0.2) is 30.9 Å². The maximum absolute atomic E-state index is 10.8. The van der Waals surface area contributed by atoms with E-state index in [2.05, 4.69) is 6.58 Å². The van der Waals surface area contributed by atoms with Gasteiger partial charge in [0, 0.05) is 12.5 Å². The average Bonchev–Trinajstić information content (AvgIpc) is 2.23. The van der Waals surface area contributed by atoms with E-state index in [-0.39, 0.29) is 12.4 Å². The molecule has 0 spiro atoms. The molecule has 3 heteroatoms. The van der Waals surface area contributed by atoms with Crippen LogP contribution in [-0.4, -0.2) is 17.7 Å². The van der Waals surface area contributed by atoms with Crippen molar-refractivity contribution < 1.29 is 14.6 Å². The van der Waals surface area contributed by atoms with E-state index in [0.717, 1.165) is 17.2 Å². The number of ether oxygens (including phenoxy) is 1. The third-order valence-electron chi connectivity index (χ3n) is 2.02. The lowest BCUT2D eigenvalue weighted by Gasteiger charge is -2.05. The van der Waals surface area contributed by atoms with Crippen LogP contribution in [0, 0.1) is 6.92 Å². The zero-order chi connectivity index (χ0) is 11.3. The minimum atomic E-state index is -0.442. The number of hydrogen-bond acceptors (Lipinski definition) is 3. The highest BCUT2D eigenvalue weighted by Gasteiger charge is 2.02. The zero-order valence-corrected chi connectivity index (χ0v) is 8.69. The number of aromatic hydroxyl groups is 1. The third-order valence-corrected chi connectivity index (χ3v) is 2.02. The standard InChI is InChI=1S/C12H14O3/c1-3-12(14)15-7-6-10-8-9(2)4-5-11(10)13/h3-5,8,13H,1,6-7H2,2H3. The number of aryl methyl sites for hydroxylation is 1. The Hall–Kier alpha value is -1.77. The highest BCUT2D eigenvalue weighted by atomic mass is 16.5. The van der Waals surface area contributed by atoms with Gasteiger partial charge >= 0.3 is 5.97 Å². The SMILES string of the molecule is C=CC(=O)OCCc1cc(C)ccc1O. The molecule has 1 aromatic rings. The summed E-state index contributed by atoms with van der Waals surface area (Å²) in [6.07, 6.45) is 1.63. The molecule has 0 aliphatic heterocycles. The van der Waals surface area contributed by atoms with Crippen LogP contribution in [0.2, 0.25) is 0 Å². The normalized spacial score (nSPS) is 9.67. The fraction of sp³-hybridized carbons (Fsp3) is 0.250. The van der Waals surface area contributed by atoms with Crippen molar-refractivity contribution in [1.82, 2.24) is 0 Å². The summed E-state index contributed by atoms with van der Waals surface area (Å²) in [5.41, 5.74) is 1.85. The molecule has 0 bridgehead atoms. The van der Waals surface area contributed by atoms with Crippen molar-refractivity contribution in [3.63, 3.8) is 0 Å². The van der Waals surface area contributed by atoms with E-state index in [1.54, 1.807) is 6.07 Å². The Labute approximate surface area is 89.0 Å². The van der Waals surface area contributed by atoms with Crippen LogP contribution in [-0.2, 0) is 16.0 Å². The van der Waals surface area contributed by atoms with E-state index in [1.807, 2.05) is 19.1 Å². The second kappa shape index (κ2) is 5.20. The maximum atomic E-state index is 10.8. The molecule has 80 valence electrons. The topological polar surface area (TPSA) is 46.5 Å². The first-order chi connectivity index (χ1) is 7.13. The first-order valence-electron chi connectivity index (χ1n) is 4.71. The second-order valence-corrected chi connectivity index (χ2v) is 3.25. The molecule has 0 aromatic heterocycles. The van der Waals surface area contributed by atoms with Crippen molar-refractivity contribution in [2.75, 3.05) is 6.61 Å². The van der Waals surface area contributed by atoms with Crippen LogP contribution in [0.3, 0.4) is 0 Å². The fourth-order valence-electron chi connectivity index (χ4n) is 1.24. The molecule has 15 heavy (non-hydrogen) atoms. The number of carbonyl (C=O) groups is 1. The van der Waals surface area contributed by atoms with Crippen LogP contribution in [0.25, 0.3) is 0 Å². The lowest BCUT2D eigenvalue weighted by atomic mass is 10.1. The molecule has 0 radical (unpaired) electrons. The van der Waals surface area contributed by atoms with E-state index >= 15 is 0 Å². The first kappa shape index (κ1) is 11.3. The molecule has 0 heterocycles. The predicted octanol–water partition coefficient (Wildman–Crippen LogP) is 1.97. The molecule has 0 saturated heterocycles. The molecule has 0 fully saturated rings. The number of hydrogen-bond donors (Lipinski definition) is 1. The number of carbonyl (C=O) groups excluding carboxylic acids is 1. The van der Waals surface area contributed by atoms with Crippen molar-refractivity contribution in [2.24, 2.45) is 0 Å². The summed E-state index contributed by atoms with van der Waals surface area (Å²) in [7, 11) is 0. The van der Waals surface area contributed by atoms with Gasteiger partial charge in [0.2, 0.25) is 0 Å². The minimum Gasteiger partial charge on any atom is -0.508 e. The van der Waals surface area contributed by atoms with Gasteiger partial charge in [-0.3, -0.25) is 0 Å². The summed E-state index contributed by atoms with van der Waals surface area (Å²) >= 11 is 0. The van der Waals surface area contributed by atoms with Gasteiger partial charge in [0.05, 0.1) is 6.61 Å². The molecule has 1 rings (SSSR count). The van der Waals surface area contributed by atoms with Crippen LogP contribution in [0.5, 0.6) is 5.75 Å². The van der Waals surface area contributed by atoms with Gasteiger partial charge in [0.1, 0.15) is 5.75 Å². The maximum Gasteiger partial charge on any atom is 0.330 e. The monoisotopic (exact) mass is 206 g/mol. The lowest BCUT2D eigenvalue weighted by molar-refractivity contribution is -0.137. The summed E-state index contributed by atoms with van der Waals surface area (Å²) in [5, 5.41) is 9.50. The fourth-order valence-corrected chi connectivity index (χ4v) is 1.24. The Morgan fingerprint density at radius 3 is 3.00 bits per heavy atom. The Balaban J connectivity index is 2.53. The molecule has 0 unspecified atom stereocenters. The van der Waals surface area contributed by atoms with Gasteiger partial charge in [-0.1, -0.05) is 24.3 Å². The van der Waals surface area contributed by atoms with Crippen LogP contribution < -0.4 is 0 Å². The lowest BCUT2D eigenvalue weighted by Crippen LogP contribution is -2.04. The van der Waals surface area contributed by atoms with Crippen molar-refractivity contribution in [3.8, 4) is 5.75 Å². The minimum absolute atomic E-state index is 0.232.